The summed E-state index contributed by atoms with van der Waals surface area (Å²) in [6.07, 6.45) is 2.41. The minimum atomic E-state index is -0.467. The molecule has 1 aromatic carbocycles. The SMILES string of the molecule is CCOC(=O)c1ccccc1N(CCC(=O)N1CCCC(C)C1)C(C)=O. The highest BCUT2D eigenvalue weighted by molar-refractivity contribution is 6.02. The van der Waals surface area contributed by atoms with E-state index in [9.17, 15) is 14.4 Å². The lowest BCUT2D eigenvalue weighted by molar-refractivity contribution is -0.132. The molecule has 2 rings (SSSR count). The number of ether oxygens (including phenoxy) is 1. The summed E-state index contributed by atoms with van der Waals surface area (Å²) in [4.78, 5) is 40.2. The predicted molar refractivity (Wildman–Crippen MR) is 100 cm³/mol. The molecule has 6 heteroatoms. The van der Waals surface area contributed by atoms with E-state index in [-0.39, 0.29) is 31.4 Å². The number of benzene rings is 1. The third-order valence-corrected chi connectivity index (χ3v) is 4.63. The second kappa shape index (κ2) is 9.36. The maximum atomic E-state index is 12.5. The smallest absolute Gasteiger partial charge is 0.340 e. The number of hydrogen-bond acceptors (Lipinski definition) is 4. The van der Waals surface area contributed by atoms with E-state index in [0.717, 1.165) is 25.9 Å². The van der Waals surface area contributed by atoms with Crippen molar-refractivity contribution in [1.29, 1.82) is 0 Å². The highest BCUT2D eigenvalue weighted by Gasteiger charge is 2.24. The third-order valence-electron chi connectivity index (χ3n) is 4.63. The first-order chi connectivity index (χ1) is 12.4. The van der Waals surface area contributed by atoms with Crippen molar-refractivity contribution < 1.29 is 19.1 Å². The number of amides is 2. The molecular weight excluding hydrogens is 332 g/mol. The zero-order valence-electron chi connectivity index (χ0n) is 15.9. The maximum Gasteiger partial charge on any atom is 0.340 e. The topological polar surface area (TPSA) is 66.9 Å². The van der Waals surface area contributed by atoms with E-state index in [1.807, 2.05) is 4.90 Å². The van der Waals surface area contributed by atoms with Crippen molar-refractivity contribution in [3.05, 3.63) is 29.8 Å². The van der Waals surface area contributed by atoms with Crippen LogP contribution < -0.4 is 4.90 Å². The van der Waals surface area contributed by atoms with Crippen molar-refractivity contribution in [3.63, 3.8) is 0 Å². The highest BCUT2D eigenvalue weighted by Crippen LogP contribution is 2.23. The minimum absolute atomic E-state index is 0.0522. The van der Waals surface area contributed by atoms with E-state index in [0.29, 0.717) is 17.2 Å². The molecular formula is C20H28N2O4. The average Bonchev–Trinajstić information content (AvgIpc) is 2.62. The Morgan fingerprint density at radius 1 is 1.27 bits per heavy atom. The molecule has 0 aliphatic carbocycles. The number of piperidine rings is 1. The molecule has 1 heterocycles. The van der Waals surface area contributed by atoms with Crippen molar-refractivity contribution in [2.24, 2.45) is 5.92 Å². The number of rotatable bonds is 6. The van der Waals surface area contributed by atoms with Crippen LogP contribution in [0.4, 0.5) is 5.69 Å². The first-order valence-electron chi connectivity index (χ1n) is 9.26. The van der Waals surface area contributed by atoms with Crippen molar-refractivity contribution >= 4 is 23.5 Å². The first-order valence-corrected chi connectivity index (χ1v) is 9.26. The summed E-state index contributed by atoms with van der Waals surface area (Å²) >= 11 is 0. The first kappa shape index (κ1) is 19.9. The van der Waals surface area contributed by atoms with Gasteiger partial charge in [0.2, 0.25) is 11.8 Å². The Morgan fingerprint density at radius 2 is 2.00 bits per heavy atom. The molecule has 0 N–H and O–H groups in total. The van der Waals surface area contributed by atoms with Crippen LogP contribution in [-0.4, -0.2) is 48.9 Å². The normalized spacial score (nSPS) is 16.9. The van der Waals surface area contributed by atoms with Gasteiger partial charge in [-0.3, -0.25) is 9.59 Å². The Balaban J connectivity index is 2.11. The summed E-state index contributed by atoms with van der Waals surface area (Å²) in [5, 5.41) is 0. The van der Waals surface area contributed by atoms with Crippen LogP contribution >= 0.6 is 0 Å². The fourth-order valence-corrected chi connectivity index (χ4v) is 3.32. The molecule has 2 amide bonds. The molecule has 26 heavy (non-hydrogen) atoms. The van der Waals surface area contributed by atoms with E-state index in [4.69, 9.17) is 4.74 Å². The lowest BCUT2D eigenvalue weighted by atomic mass is 10.00. The zero-order chi connectivity index (χ0) is 19.1. The van der Waals surface area contributed by atoms with Gasteiger partial charge in [-0.15, -0.1) is 0 Å². The van der Waals surface area contributed by atoms with Gasteiger partial charge in [0.05, 0.1) is 17.9 Å². The van der Waals surface area contributed by atoms with Crippen LogP contribution in [0.5, 0.6) is 0 Å². The van der Waals surface area contributed by atoms with E-state index >= 15 is 0 Å². The standard InChI is InChI=1S/C20H28N2O4/c1-4-26-20(25)17-9-5-6-10-18(17)22(16(3)23)13-11-19(24)21-12-7-8-15(2)14-21/h5-6,9-10,15H,4,7-8,11-14H2,1-3H3. The Morgan fingerprint density at radius 3 is 2.65 bits per heavy atom. The second-order valence-electron chi connectivity index (χ2n) is 6.75. The average molecular weight is 360 g/mol. The van der Waals surface area contributed by atoms with E-state index in [2.05, 4.69) is 6.92 Å². The summed E-state index contributed by atoms with van der Waals surface area (Å²) in [6.45, 7) is 7.39. The van der Waals surface area contributed by atoms with Crippen molar-refractivity contribution in [2.45, 2.75) is 40.0 Å². The molecule has 1 unspecified atom stereocenters. The summed E-state index contributed by atoms with van der Waals surface area (Å²) in [7, 11) is 0. The largest absolute Gasteiger partial charge is 0.462 e. The van der Waals surface area contributed by atoms with Gasteiger partial charge in [-0.2, -0.15) is 0 Å². The van der Waals surface area contributed by atoms with Crippen molar-refractivity contribution in [2.75, 3.05) is 31.1 Å². The maximum absolute atomic E-state index is 12.5. The minimum Gasteiger partial charge on any atom is -0.462 e. The summed E-state index contributed by atoms with van der Waals surface area (Å²) in [6, 6.07) is 6.84. The fraction of sp³-hybridized carbons (Fsp3) is 0.550. The monoisotopic (exact) mass is 360 g/mol. The van der Waals surface area contributed by atoms with Crippen LogP contribution in [0.25, 0.3) is 0 Å². The van der Waals surface area contributed by atoms with Crippen molar-refractivity contribution in [1.82, 2.24) is 4.90 Å². The molecule has 0 saturated carbocycles. The molecule has 142 valence electrons. The number of likely N-dealkylation sites (tertiary alicyclic amines) is 1. The van der Waals surface area contributed by atoms with Gasteiger partial charge in [0.15, 0.2) is 0 Å². The molecule has 1 fully saturated rings. The number of anilines is 1. The lowest BCUT2D eigenvalue weighted by Crippen LogP contribution is -2.41. The second-order valence-corrected chi connectivity index (χ2v) is 6.75. The summed E-state index contributed by atoms with van der Waals surface area (Å²) in [5.74, 6) is -0.107. The van der Waals surface area contributed by atoms with Gasteiger partial charge in [0.25, 0.3) is 0 Å². The summed E-state index contributed by atoms with van der Waals surface area (Å²) in [5.41, 5.74) is 0.821. The van der Waals surface area contributed by atoms with Gasteiger partial charge in [0, 0.05) is 33.0 Å². The van der Waals surface area contributed by atoms with Gasteiger partial charge in [-0.1, -0.05) is 19.1 Å². The summed E-state index contributed by atoms with van der Waals surface area (Å²) < 4.78 is 5.08. The zero-order valence-corrected chi connectivity index (χ0v) is 15.9. The molecule has 6 nitrogen and oxygen atoms in total. The Labute approximate surface area is 155 Å². The van der Waals surface area contributed by atoms with Crippen LogP contribution in [0.3, 0.4) is 0 Å². The molecule has 0 spiro atoms. The molecule has 1 aliphatic rings. The van der Waals surface area contributed by atoms with Gasteiger partial charge in [0.1, 0.15) is 0 Å². The van der Waals surface area contributed by atoms with Crippen LogP contribution in [0, 0.1) is 5.92 Å². The third kappa shape index (κ3) is 5.07. The number of carbonyl (C=O) groups is 3. The molecule has 0 aromatic heterocycles. The highest BCUT2D eigenvalue weighted by atomic mass is 16.5. The number of para-hydroxylation sites is 1. The molecule has 1 aliphatic heterocycles. The van der Waals surface area contributed by atoms with Crippen LogP contribution in [0.1, 0.15) is 50.4 Å². The molecule has 1 aromatic rings. The molecule has 0 bridgehead atoms. The van der Waals surface area contributed by atoms with Crippen LogP contribution in [0.2, 0.25) is 0 Å². The Bertz CT molecular complexity index is 659. The van der Waals surface area contributed by atoms with Crippen LogP contribution in [-0.2, 0) is 14.3 Å². The van der Waals surface area contributed by atoms with E-state index in [1.54, 1.807) is 31.2 Å². The Hall–Kier alpha value is -2.37. The van der Waals surface area contributed by atoms with Gasteiger partial charge < -0.3 is 14.5 Å². The molecule has 0 radical (unpaired) electrons. The predicted octanol–water partition coefficient (Wildman–Crippen LogP) is 2.86. The number of carbonyl (C=O) groups excluding carboxylic acids is 3. The molecule has 1 atom stereocenters. The van der Waals surface area contributed by atoms with Gasteiger partial charge >= 0.3 is 5.97 Å². The van der Waals surface area contributed by atoms with E-state index < -0.39 is 5.97 Å². The fourth-order valence-electron chi connectivity index (χ4n) is 3.32. The van der Waals surface area contributed by atoms with Gasteiger partial charge in [-0.25, -0.2) is 4.79 Å². The molecule has 1 saturated heterocycles. The number of nitrogens with zero attached hydrogens (tertiary/aromatic N) is 2. The Kier molecular flexibility index (Phi) is 7.18. The van der Waals surface area contributed by atoms with Crippen molar-refractivity contribution in [3.8, 4) is 0 Å². The number of esters is 1. The quantitative estimate of drug-likeness (QED) is 0.732. The number of hydrogen-bond donors (Lipinski definition) is 0. The van der Waals surface area contributed by atoms with E-state index in [1.165, 1.54) is 11.8 Å². The van der Waals surface area contributed by atoms with Gasteiger partial charge in [-0.05, 0) is 37.8 Å². The van der Waals surface area contributed by atoms with Crippen LogP contribution in [0.15, 0.2) is 24.3 Å². The lowest BCUT2D eigenvalue weighted by Gasteiger charge is -2.32.